The van der Waals surface area contributed by atoms with Crippen molar-refractivity contribution in [3.63, 3.8) is 0 Å². The number of aliphatic hydroxyl groups excluding tert-OH is 2. The highest BCUT2D eigenvalue weighted by atomic mass is 16.3. The molecule has 5 heteroatoms. The van der Waals surface area contributed by atoms with Crippen molar-refractivity contribution in [2.24, 2.45) is 5.41 Å². The standard InChI is InChI=1S/C9H14N2O3/c1-9(2,5-10)8(14)11-3-6(12)7(13)4-11/h6-7,12-13H,3-4H2,1-2H3. The summed E-state index contributed by atoms with van der Waals surface area (Å²) in [5, 5.41) is 27.2. The van der Waals surface area contributed by atoms with Crippen molar-refractivity contribution in [2.45, 2.75) is 26.1 Å². The predicted molar refractivity (Wildman–Crippen MR) is 48.0 cm³/mol. The Balaban J connectivity index is 2.70. The van der Waals surface area contributed by atoms with Gasteiger partial charge in [-0.15, -0.1) is 0 Å². The van der Waals surface area contributed by atoms with Gasteiger partial charge < -0.3 is 15.1 Å². The highest BCUT2D eigenvalue weighted by Gasteiger charge is 2.39. The van der Waals surface area contributed by atoms with Crippen LogP contribution in [-0.2, 0) is 4.79 Å². The van der Waals surface area contributed by atoms with Gasteiger partial charge in [0.15, 0.2) is 0 Å². The number of hydrogen-bond donors (Lipinski definition) is 2. The van der Waals surface area contributed by atoms with Crippen molar-refractivity contribution >= 4 is 5.91 Å². The van der Waals surface area contributed by atoms with Crippen LogP contribution in [0.25, 0.3) is 0 Å². The van der Waals surface area contributed by atoms with Crippen molar-refractivity contribution in [1.82, 2.24) is 4.90 Å². The van der Waals surface area contributed by atoms with E-state index >= 15 is 0 Å². The number of carbonyl (C=O) groups excluding carboxylic acids is 1. The zero-order valence-corrected chi connectivity index (χ0v) is 8.27. The van der Waals surface area contributed by atoms with E-state index in [0.717, 1.165) is 0 Å². The molecule has 1 fully saturated rings. The second kappa shape index (κ2) is 3.56. The number of amides is 1. The fraction of sp³-hybridized carbons (Fsp3) is 0.778. The van der Waals surface area contributed by atoms with E-state index < -0.39 is 17.6 Å². The van der Waals surface area contributed by atoms with Gasteiger partial charge >= 0.3 is 0 Å². The molecule has 5 nitrogen and oxygen atoms in total. The third-order valence-corrected chi connectivity index (χ3v) is 2.36. The number of likely N-dealkylation sites (tertiary alicyclic amines) is 1. The minimum atomic E-state index is -1.09. The zero-order chi connectivity index (χ0) is 10.9. The molecule has 1 aliphatic rings. The molecule has 1 saturated heterocycles. The lowest BCUT2D eigenvalue weighted by atomic mass is 9.94. The van der Waals surface area contributed by atoms with Crippen LogP contribution in [0.5, 0.6) is 0 Å². The van der Waals surface area contributed by atoms with Gasteiger partial charge in [-0.1, -0.05) is 0 Å². The maximum absolute atomic E-state index is 11.7. The molecule has 0 spiro atoms. The van der Waals surface area contributed by atoms with Crippen LogP contribution >= 0.6 is 0 Å². The first-order valence-corrected chi connectivity index (χ1v) is 4.45. The fourth-order valence-corrected chi connectivity index (χ4v) is 1.38. The van der Waals surface area contributed by atoms with E-state index in [0.29, 0.717) is 0 Å². The number of rotatable bonds is 1. The van der Waals surface area contributed by atoms with Gasteiger partial charge in [0.1, 0.15) is 5.41 Å². The molecule has 0 aromatic carbocycles. The molecule has 2 atom stereocenters. The Morgan fingerprint density at radius 3 is 2.21 bits per heavy atom. The maximum atomic E-state index is 11.7. The lowest BCUT2D eigenvalue weighted by molar-refractivity contribution is -0.137. The molecule has 2 unspecified atom stereocenters. The van der Waals surface area contributed by atoms with Crippen LogP contribution in [0.15, 0.2) is 0 Å². The summed E-state index contributed by atoms with van der Waals surface area (Å²) in [7, 11) is 0. The van der Waals surface area contributed by atoms with E-state index in [1.54, 1.807) is 0 Å². The molecule has 0 aliphatic carbocycles. The molecule has 1 aliphatic heterocycles. The summed E-state index contributed by atoms with van der Waals surface area (Å²) < 4.78 is 0. The van der Waals surface area contributed by atoms with Crippen LogP contribution in [0.4, 0.5) is 0 Å². The molecule has 78 valence electrons. The summed E-state index contributed by atoms with van der Waals surface area (Å²) in [5.41, 5.74) is -1.09. The second-order valence-electron chi connectivity index (χ2n) is 4.08. The van der Waals surface area contributed by atoms with Gasteiger partial charge in [0.05, 0.1) is 18.3 Å². The van der Waals surface area contributed by atoms with Crippen LogP contribution in [0.1, 0.15) is 13.8 Å². The Morgan fingerprint density at radius 2 is 1.86 bits per heavy atom. The monoisotopic (exact) mass is 198 g/mol. The molecule has 2 N–H and O–H groups in total. The number of aliphatic hydroxyl groups is 2. The summed E-state index contributed by atoms with van der Waals surface area (Å²) in [6.45, 7) is 3.25. The zero-order valence-electron chi connectivity index (χ0n) is 8.27. The van der Waals surface area contributed by atoms with Crippen LogP contribution in [0.3, 0.4) is 0 Å². The fourth-order valence-electron chi connectivity index (χ4n) is 1.38. The predicted octanol–water partition coefficient (Wildman–Crippen LogP) is -0.900. The first-order chi connectivity index (χ1) is 6.38. The van der Waals surface area contributed by atoms with Gasteiger partial charge in [-0.25, -0.2) is 0 Å². The largest absolute Gasteiger partial charge is 0.388 e. The van der Waals surface area contributed by atoms with Crippen molar-refractivity contribution in [1.29, 1.82) is 5.26 Å². The molecule has 0 aromatic rings. The van der Waals surface area contributed by atoms with E-state index in [-0.39, 0.29) is 19.0 Å². The molecule has 14 heavy (non-hydrogen) atoms. The van der Waals surface area contributed by atoms with E-state index in [4.69, 9.17) is 5.26 Å². The van der Waals surface area contributed by atoms with E-state index in [2.05, 4.69) is 0 Å². The number of hydrogen-bond acceptors (Lipinski definition) is 4. The highest BCUT2D eigenvalue weighted by molar-refractivity contribution is 5.84. The summed E-state index contributed by atoms with van der Waals surface area (Å²) in [6.07, 6.45) is -1.79. The summed E-state index contributed by atoms with van der Waals surface area (Å²) in [4.78, 5) is 13.0. The number of nitriles is 1. The molecule has 1 heterocycles. The van der Waals surface area contributed by atoms with E-state index in [1.807, 2.05) is 6.07 Å². The SMILES string of the molecule is CC(C)(C#N)C(=O)N1CC(O)C(O)C1. The lowest BCUT2D eigenvalue weighted by Gasteiger charge is -2.22. The minimum absolute atomic E-state index is 0.102. The molecular formula is C9H14N2O3. The van der Waals surface area contributed by atoms with Gasteiger partial charge in [-0.2, -0.15) is 5.26 Å². The van der Waals surface area contributed by atoms with Crippen molar-refractivity contribution < 1.29 is 15.0 Å². The van der Waals surface area contributed by atoms with Crippen LogP contribution in [-0.4, -0.2) is 46.3 Å². The average Bonchev–Trinajstić information content (AvgIpc) is 2.45. The third-order valence-electron chi connectivity index (χ3n) is 2.36. The smallest absolute Gasteiger partial charge is 0.242 e. The van der Waals surface area contributed by atoms with Crippen LogP contribution in [0, 0.1) is 16.7 Å². The Labute approximate surface area is 82.6 Å². The van der Waals surface area contributed by atoms with Gasteiger partial charge in [0, 0.05) is 13.1 Å². The third kappa shape index (κ3) is 1.86. The number of β-amino-alcohol motifs (C(OH)–C–C–N with tert-alkyl or cyclic N) is 2. The topological polar surface area (TPSA) is 84.6 Å². The first kappa shape index (κ1) is 11.0. The summed E-state index contributed by atoms with van der Waals surface area (Å²) in [5.74, 6) is -0.351. The molecule has 0 saturated carbocycles. The second-order valence-corrected chi connectivity index (χ2v) is 4.08. The molecule has 1 amide bonds. The van der Waals surface area contributed by atoms with Crippen LogP contribution in [0.2, 0.25) is 0 Å². The molecule has 0 radical (unpaired) electrons. The normalized spacial score (nSPS) is 27.5. The quantitative estimate of drug-likeness (QED) is 0.572. The lowest BCUT2D eigenvalue weighted by Crippen LogP contribution is -2.39. The Bertz CT molecular complexity index is 272. The summed E-state index contributed by atoms with van der Waals surface area (Å²) in [6, 6.07) is 1.89. The Hall–Kier alpha value is -1.12. The van der Waals surface area contributed by atoms with E-state index in [1.165, 1.54) is 18.7 Å². The van der Waals surface area contributed by atoms with Gasteiger partial charge in [-0.3, -0.25) is 4.79 Å². The molecular weight excluding hydrogens is 184 g/mol. The minimum Gasteiger partial charge on any atom is -0.388 e. The van der Waals surface area contributed by atoms with Gasteiger partial charge in [0.2, 0.25) is 5.91 Å². The number of carbonyl (C=O) groups is 1. The Kier molecular flexibility index (Phi) is 2.79. The number of nitrogens with zero attached hydrogens (tertiary/aromatic N) is 2. The van der Waals surface area contributed by atoms with Crippen molar-refractivity contribution in [3.8, 4) is 6.07 Å². The van der Waals surface area contributed by atoms with Gasteiger partial charge in [0.25, 0.3) is 0 Å². The van der Waals surface area contributed by atoms with Crippen LogP contribution < -0.4 is 0 Å². The van der Waals surface area contributed by atoms with E-state index in [9.17, 15) is 15.0 Å². The first-order valence-electron chi connectivity index (χ1n) is 4.45. The average molecular weight is 198 g/mol. The van der Waals surface area contributed by atoms with Gasteiger partial charge in [-0.05, 0) is 13.8 Å². The molecule has 0 bridgehead atoms. The molecule has 1 rings (SSSR count). The highest BCUT2D eigenvalue weighted by Crippen LogP contribution is 2.21. The maximum Gasteiger partial charge on any atom is 0.242 e. The summed E-state index contributed by atoms with van der Waals surface area (Å²) >= 11 is 0. The van der Waals surface area contributed by atoms with Crippen molar-refractivity contribution in [2.75, 3.05) is 13.1 Å². The molecule has 0 aromatic heterocycles. The Morgan fingerprint density at radius 1 is 1.43 bits per heavy atom. The van der Waals surface area contributed by atoms with Crippen molar-refractivity contribution in [3.05, 3.63) is 0 Å².